The van der Waals surface area contributed by atoms with Crippen molar-refractivity contribution in [1.82, 2.24) is 4.90 Å². The normalized spacial score (nSPS) is 15.1. The van der Waals surface area contributed by atoms with Gasteiger partial charge in [0, 0.05) is 13.5 Å². The Bertz CT molecular complexity index is 432. The number of nitrogens with zero attached hydrogens (tertiary/aromatic N) is 1. The van der Waals surface area contributed by atoms with Gasteiger partial charge in [0.25, 0.3) is 0 Å². The van der Waals surface area contributed by atoms with Gasteiger partial charge in [-0.3, -0.25) is 4.79 Å². The fourth-order valence-corrected chi connectivity index (χ4v) is 2.65. The van der Waals surface area contributed by atoms with Gasteiger partial charge in [-0.05, 0) is 18.4 Å². The smallest absolute Gasteiger partial charge is 0.222 e. The Morgan fingerprint density at radius 1 is 1.18 bits per heavy atom. The maximum atomic E-state index is 12.4. The van der Waals surface area contributed by atoms with Crippen LogP contribution in [0.3, 0.4) is 0 Å². The van der Waals surface area contributed by atoms with E-state index in [0.717, 1.165) is 12.0 Å². The summed E-state index contributed by atoms with van der Waals surface area (Å²) in [6, 6.07) is 9.30. The summed E-state index contributed by atoms with van der Waals surface area (Å²) >= 11 is 0. The molecule has 0 saturated carbocycles. The Labute approximate surface area is 135 Å². The lowest BCUT2D eigenvalue weighted by Crippen LogP contribution is -2.39. The average Bonchev–Trinajstić information content (AvgIpc) is 2.53. The van der Waals surface area contributed by atoms with Crippen LogP contribution in [0.5, 0.6) is 0 Å². The van der Waals surface area contributed by atoms with Crippen LogP contribution in [0.4, 0.5) is 0 Å². The Hall–Kier alpha value is -1.35. The molecule has 0 aliphatic heterocycles. The molecule has 1 aromatic carbocycles. The Balaban J connectivity index is 2.51. The molecule has 0 bridgehead atoms. The first kappa shape index (κ1) is 18.7. The van der Waals surface area contributed by atoms with Crippen LogP contribution in [0.1, 0.15) is 64.5 Å². The van der Waals surface area contributed by atoms with E-state index < -0.39 is 6.10 Å². The standard InChI is InChI=1S/C19H31NO2/c1-5-6-8-11-15(2)14-18(21)20(4)16(3)19(22)17-12-9-7-10-13-17/h7,9-10,12-13,15-16,19,22H,5-6,8,11,14H2,1-4H3/t15-,16-,19+/m1/s1. The molecule has 0 spiro atoms. The molecular formula is C19H31NO2. The average molecular weight is 305 g/mol. The van der Waals surface area contributed by atoms with E-state index in [1.165, 1.54) is 19.3 Å². The third-order valence-electron chi connectivity index (χ3n) is 4.43. The summed E-state index contributed by atoms with van der Waals surface area (Å²) in [4.78, 5) is 14.1. The first-order valence-corrected chi connectivity index (χ1v) is 8.46. The van der Waals surface area contributed by atoms with Gasteiger partial charge < -0.3 is 10.0 Å². The molecule has 1 N–H and O–H groups in total. The van der Waals surface area contributed by atoms with Gasteiger partial charge in [0.05, 0.1) is 12.1 Å². The monoisotopic (exact) mass is 305 g/mol. The van der Waals surface area contributed by atoms with Gasteiger partial charge in [0.15, 0.2) is 0 Å². The molecule has 1 aromatic rings. The van der Waals surface area contributed by atoms with Crippen molar-refractivity contribution in [3.05, 3.63) is 35.9 Å². The van der Waals surface area contributed by atoms with Crippen molar-refractivity contribution in [1.29, 1.82) is 0 Å². The second-order valence-electron chi connectivity index (χ2n) is 6.41. The molecule has 0 aliphatic carbocycles. The van der Waals surface area contributed by atoms with E-state index in [0.29, 0.717) is 12.3 Å². The maximum absolute atomic E-state index is 12.4. The quantitative estimate of drug-likeness (QED) is 0.695. The highest BCUT2D eigenvalue weighted by atomic mass is 16.3. The van der Waals surface area contributed by atoms with Crippen LogP contribution in [0.25, 0.3) is 0 Å². The predicted octanol–water partition coefficient (Wildman–Crippen LogP) is 4.17. The largest absolute Gasteiger partial charge is 0.386 e. The second kappa shape index (κ2) is 9.62. The van der Waals surface area contributed by atoms with Crippen molar-refractivity contribution in [2.45, 2.75) is 65.0 Å². The fourth-order valence-electron chi connectivity index (χ4n) is 2.65. The van der Waals surface area contributed by atoms with Gasteiger partial charge in [0.1, 0.15) is 0 Å². The number of hydrogen-bond acceptors (Lipinski definition) is 2. The zero-order valence-corrected chi connectivity index (χ0v) is 14.5. The van der Waals surface area contributed by atoms with Crippen molar-refractivity contribution in [2.24, 2.45) is 5.92 Å². The number of carbonyl (C=O) groups is 1. The molecule has 1 rings (SSSR count). The molecular weight excluding hydrogens is 274 g/mol. The molecule has 0 fully saturated rings. The third-order valence-corrected chi connectivity index (χ3v) is 4.43. The fraction of sp³-hybridized carbons (Fsp3) is 0.632. The summed E-state index contributed by atoms with van der Waals surface area (Å²) < 4.78 is 0. The van der Waals surface area contributed by atoms with Crippen LogP contribution in [-0.4, -0.2) is 29.0 Å². The lowest BCUT2D eigenvalue weighted by atomic mass is 9.98. The van der Waals surface area contributed by atoms with E-state index in [1.807, 2.05) is 37.3 Å². The van der Waals surface area contributed by atoms with E-state index in [9.17, 15) is 9.90 Å². The first-order valence-electron chi connectivity index (χ1n) is 8.46. The number of aliphatic hydroxyl groups is 1. The minimum absolute atomic E-state index is 0.117. The summed E-state index contributed by atoms with van der Waals surface area (Å²) in [5.41, 5.74) is 0.852. The SMILES string of the molecule is CCCCC[C@@H](C)CC(=O)N(C)[C@H](C)[C@H](O)c1ccccc1. The van der Waals surface area contributed by atoms with E-state index in [1.54, 1.807) is 11.9 Å². The Kier molecular flexibility index (Phi) is 8.18. The van der Waals surface area contributed by atoms with Crippen molar-refractivity contribution in [3.8, 4) is 0 Å². The highest BCUT2D eigenvalue weighted by Gasteiger charge is 2.24. The van der Waals surface area contributed by atoms with Gasteiger partial charge in [-0.1, -0.05) is 69.9 Å². The number of benzene rings is 1. The number of unbranched alkanes of at least 4 members (excludes halogenated alkanes) is 2. The zero-order valence-electron chi connectivity index (χ0n) is 14.5. The number of likely N-dealkylation sites (N-methyl/N-ethyl adjacent to an activating group) is 1. The molecule has 0 saturated heterocycles. The lowest BCUT2D eigenvalue weighted by molar-refractivity contribution is -0.134. The minimum atomic E-state index is -0.648. The van der Waals surface area contributed by atoms with Crippen LogP contribution in [0, 0.1) is 5.92 Å². The molecule has 1 amide bonds. The highest BCUT2D eigenvalue weighted by Crippen LogP contribution is 2.22. The molecule has 124 valence electrons. The topological polar surface area (TPSA) is 40.5 Å². The van der Waals surface area contributed by atoms with Crippen molar-refractivity contribution in [3.63, 3.8) is 0 Å². The van der Waals surface area contributed by atoms with Crippen molar-refractivity contribution in [2.75, 3.05) is 7.05 Å². The molecule has 0 aromatic heterocycles. The van der Waals surface area contributed by atoms with Crippen molar-refractivity contribution >= 4 is 5.91 Å². The summed E-state index contributed by atoms with van der Waals surface area (Å²) in [6.07, 6.45) is 4.65. The number of aliphatic hydroxyl groups excluding tert-OH is 1. The predicted molar refractivity (Wildman–Crippen MR) is 91.6 cm³/mol. The van der Waals surface area contributed by atoms with E-state index >= 15 is 0 Å². The molecule has 0 unspecified atom stereocenters. The van der Waals surface area contributed by atoms with E-state index in [2.05, 4.69) is 13.8 Å². The van der Waals surface area contributed by atoms with Gasteiger partial charge in [-0.15, -0.1) is 0 Å². The van der Waals surface area contributed by atoms with Crippen LogP contribution in [0.2, 0.25) is 0 Å². The molecule has 3 nitrogen and oxygen atoms in total. The number of rotatable bonds is 9. The molecule has 0 radical (unpaired) electrons. The number of amides is 1. The first-order chi connectivity index (χ1) is 10.5. The van der Waals surface area contributed by atoms with Crippen LogP contribution in [0.15, 0.2) is 30.3 Å². The second-order valence-corrected chi connectivity index (χ2v) is 6.41. The third kappa shape index (κ3) is 5.80. The number of carbonyl (C=O) groups excluding carboxylic acids is 1. The van der Waals surface area contributed by atoms with Gasteiger partial charge >= 0.3 is 0 Å². The van der Waals surface area contributed by atoms with Gasteiger partial charge in [0.2, 0.25) is 5.91 Å². The molecule has 3 heteroatoms. The van der Waals surface area contributed by atoms with Gasteiger partial charge in [-0.25, -0.2) is 0 Å². The Morgan fingerprint density at radius 3 is 2.41 bits per heavy atom. The van der Waals surface area contributed by atoms with E-state index in [4.69, 9.17) is 0 Å². The van der Waals surface area contributed by atoms with Gasteiger partial charge in [-0.2, -0.15) is 0 Å². The molecule has 0 aliphatic rings. The summed E-state index contributed by atoms with van der Waals surface area (Å²) in [6.45, 7) is 6.23. The zero-order chi connectivity index (χ0) is 16.5. The van der Waals surface area contributed by atoms with Crippen LogP contribution in [-0.2, 0) is 4.79 Å². The summed E-state index contributed by atoms with van der Waals surface area (Å²) in [5.74, 6) is 0.522. The van der Waals surface area contributed by atoms with Crippen LogP contribution < -0.4 is 0 Å². The van der Waals surface area contributed by atoms with Crippen LogP contribution >= 0.6 is 0 Å². The summed E-state index contributed by atoms with van der Waals surface area (Å²) in [5, 5.41) is 10.4. The van der Waals surface area contributed by atoms with Crippen molar-refractivity contribution < 1.29 is 9.90 Å². The highest BCUT2D eigenvalue weighted by molar-refractivity contribution is 5.76. The Morgan fingerprint density at radius 2 is 1.82 bits per heavy atom. The van der Waals surface area contributed by atoms with E-state index in [-0.39, 0.29) is 11.9 Å². The molecule has 3 atom stereocenters. The summed E-state index contributed by atoms with van der Waals surface area (Å²) in [7, 11) is 1.79. The number of hydrogen-bond donors (Lipinski definition) is 1. The maximum Gasteiger partial charge on any atom is 0.222 e. The molecule has 0 heterocycles. The molecule has 22 heavy (non-hydrogen) atoms. The minimum Gasteiger partial charge on any atom is -0.386 e. The lowest BCUT2D eigenvalue weighted by Gasteiger charge is -2.30.